The highest BCUT2D eigenvalue weighted by atomic mass is 19.1. The number of aromatic nitrogens is 2. The molecule has 1 aliphatic rings. The number of halogens is 1. The molecular formula is C26H33FN4O3. The number of nitrogens with one attached hydrogen (secondary N) is 2. The summed E-state index contributed by atoms with van der Waals surface area (Å²) in [5.41, 5.74) is 3.01. The normalized spacial score (nSPS) is 19.8. The number of ether oxygens (including phenoxy) is 1. The third-order valence-corrected chi connectivity index (χ3v) is 7.08. The number of para-hydroxylation sites is 1. The number of rotatable bonds is 6. The minimum atomic E-state index is -0.924. The van der Waals surface area contributed by atoms with E-state index < -0.39 is 6.17 Å². The predicted molar refractivity (Wildman–Crippen MR) is 131 cm³/mol. The van der Waals surface area contributed by atoms with Gasteiger partial charge in [0.1, 0.15) is 11.9 Å². The van der Waals surface area contributed by atoms with Crippen LogP contribution in [0, 0.1) is 19.8 Å². The lowest BCUT2D eigenvalue weighted by Gasteiger charge is -2.37. The van der Waals surface area contributed by atoms with Crippen LogP contribution in [-0.4, -0.2) is 53.8 Å². The Hall–Kier alpha value is -3.13. The average Bonchev–Trinajstić information content (AvgIpc) is 3.09. The maximum absolute atomic E-state index is 15.0. The Kier molecular flexibility index (Phi) is 6.79. The van der Waals surface area contributed by atoms with Crippen LogP contribution in [0.4, 0.5) is 4.39 Å². The number of likely N-dealkylation sites (tertiary alicyclic amines) is 1. The second-order valence-electron chi connectivity index (χ2n) is 9.33. The van der Waals surface area contributed by atoms with E-state index in [0.29, 0.717) is 29.1 Å². The molecule has 1 aliphatic heterocycles. The van der Waals surface area contributed by atoms with E-state index in [1.54, 1.807) is 13.0 Å². The number of piperidine rings is 1. The number of benzene rings is 1. The van der Waals surface area contributed by atoms with Crippen LogP contribution < -0.4 is 15.6 Å². The zero-order chi connectivity index (χ0) is 24.6. The van der Waals surface area contributed by atoms with Crippen molar-refractivity contribution in [3.8, 4) is 5.75 Å². The molecule has 2 unspecified atom stereocenters. The first-order valence-corrected chi connectivity index (χ1v) is 11.7. The Bertz CT molecular complexity index is 1260. The molecule has 2 aromatic heterocycles. The lowest BCUT2D eigenvalue weighted by Crippen LogP contribution is -2.42. The fourth-order valence-electron chi connectivity index (χ4n) is 5.31. The van der Waals surface area contributed by atoms with Gasteiger partial charge >= 0.3 is 0 Å². The first-order chi connectivity index (χ1) is 16.2. The molecule has 0 radical (unpaired) electrons. The molecule has 7 nitrogen and oxygen atoms in total. The summed E-state index contributed by atoms with van der Waals surface area (Å²) >= 11 is 0. The minimum absolute atomic E-state index is 0.0354. The largest absolute Gasteiger partial charge is 0.496 e. The Morgan fingerprint density at radius 1 is 1.32 bits per heavy atom. The van der Waals surface area contributed by atoms with Gasteiger partial charge in [-0.15, -0.1) is 0 Å². The zero-order valence-electron chi connectivity index (χ0n) is 20.4. The molecule has 1 amide bonds. The number of aryl methyl sites for hydroxylation is 1. The summed E-state index contributed by atoms with van der Waals surface area (Å²) in [6.45, 7) is 7.04. The molecule has 0 bridgehead atoms. The minimum Gasteiger partial charge on any atom is -0.496 e. The number of alkyl halides is 1. The van der Waals surface area contributed by atoms with Gasteiger partial charge in [0.2, 0.25) is 0 Å². The summed E-state index contributed by atoms with van der Waals surface area (Å²) in [4.78, 5) is 30.6. The molecule has 34 heavy (non-hydrogen) atoms. The summed E-state index contributed by atoms with van der Waals surface area (Å²) in [5, 5.41) is 3.71. The van der Waals surface area contributed by atoms with Gasteiger partial charge in [-0.3, -0.25) is 9.59 Å². The van der Waals surface area contributed by atoms with Crippen molar-refractivity contribution in [1.82, 2.24) is 19.8 Å². The van der Waals surface area contributed by atoms with E-state index in [1.807, 2.05) is 50.1 Å². The molecule has 2 N–H and O–H groups in total. The first-order valence-electron chi connectivity index (χ1n) is 11.7. The van der Waals surface area contributed by atoms with Gasteiger partial charge in [0, 0.05) is 40.8 Å². The maximum Gasteiger partial charge on any atom is 0.256 e. The lowest BCUT2D eigenvalue weighted by atomic mass is 9.88. The summed E-state index contributed by atoms with van der Waals surface area (Å²) in [7, 11) is 3.44. The van der Waals surface area contributed by atoms with Crippen LogP contribution in [0.3, 0.4) is 0 Å². The molecule has 0 spiro atoms. The maximum atomic E-state index is 15.0. The molecule has 4 rings (SSSR count). The van der Waals surface area contributed by atoms with E-state index in [2.05, 4.69) is 14.9 Å². The second kappa shape index (κ2) is 9.62. The fraction of sp³-hybridized carbons (Fsp3) is 0.462. The second-order valence-corrected chi connectivity index (χ2v) is 9.33. The Labute approximate surface area is 198 Å². The highest BCUT2D eigenvalue weighted by Crippen LogP contribution is 2.36. The smallest absolute Gasteiger partial charge is 0.256 e. The molecular weight excluding hydrogens is 435 g/mol. The predicted octanol–water partition coefficient (Wildman–Crippen LogP) is 3.74. The van der Waals surface area contributed by atoms with E-state index in [1.165, 1.54) is 7.11 Å². The molecule has 1 fully saturated rings. The number of fused-ring (bicyclic) bond motifs is 1. The van der Waals surface area contributed by atoms with Crippen molar-refractivity contribution in [2.75, 3.05) is 27.2 Å². The monoisotopic (exact) mass is 468 g/mol. The topological polar surface area (TPSA) is 79.4 Å². The highest BCUT2D eigenvalue weighted by molar-refractivity contribution is 6.08. The molecule has 3 heterocycles. The van der Waals surface area contributed by atoms with E-state index in [9.17, 15) is 14.0 Å². The average molecular weight is 469 g/mol. The molecule has 1 aromatic carbocycles. The van der Waals surface area contributed by atoms with Crippen molar-refractivity contribution in [3.63, 3.8) is 0 Å². The van der Waals surface area contributed by atoms with E-state index >= 15 is 0 Å². The van der Waals surface area contributed by atoms with Crippen LogP contribution in [0.5, 0.6) is 5.75 Å². The first kappa shape index (κ1) is 24.0. The lowest BCUT2D eigenvalue weighted by molar-refractivity contribution is 0.0744. The molecule has 182 valence electrons. The van der Waals surface area contributed by atoms with Crippen molar-refractivity contribution in [2.24, 2.45) is 5.92 Å². The number of carbonyl (C=O) groups is 1. The standard InChI is InChI=1S/C26H33FN4O3/c1-15-12-23(34-5)20(25(32)29-15)13-28-26(33)24-17(3)31(22-9-7-6-8-19(22)24)16(2)18-10-11-30(4)14-21(18)27/h6-9,12,16,18,21H,10-11,13-14H2,1-5H3,(H,28,33)(H,29,32)/t16-,18?,21?/m1/s1. The number of amides is 1. The van der Waals surface area contributed by atoms with Gasteiger partial charge in [0.25, 0.3) is 11.5 Å². The van der Waals surface area contributed by atoms with Gasteiger partial charge in [0.15, 0.2) is 0 Å². The molecule has 3 atom stereocenters. The summed E-state index contributed by atoms with van der Waals surface area (Å²) < 4.78 is 22.4. The van der Waals surface area contributed by atoms with Crippen LogP contribution in [0.25, 0.3) is 10.9 Å². The van der Waals surface area contributed by atoms with Gasteiger partial charge in [0.05, 0.1) is 24.8 Å². The Morgan fingerprint density at radius 2 is 2.06 bits per heavy atom. The number of H-pyrrole nitrogens is 1. The van der Waals surface area contributed by atoms with E-state index in [4.69, 9.17) is 4.74 Å². The SMILES string of the molecule is COc1cc(C)[nH]c(=O)c1CNC(=O)c1c(C)n([C@H](C)C2CCN(C)CC2F)c2ccccc12. The molecule has 0 saturated carbocycles. The third-order valence-electron chi connectivity index (χ3n) is 7.08. The van der Waals surface area contributed by atoms with Crippen LogP contribution in [0.2, 0.25) is 0 Å². The number of hydrogen-bond donors (Lipinski definition) is 2. The Balaban J connectivity index is 1.67. The zero-order valence-corrected chi connectivity index (χ0v) is 20.4. The summed E-state index contributed by atoms with van der Waals surface area (Å²) in [5.74, 6) is 0.0319. The number of hydrogen-bond acceptors (Lipinski definition) is 4. The summed E-state index contributed by atoms with van der Waals surface area (Å²) in [6, 6.07) is 9.36. The Morgan fingerprint density at radius 3 is 2.76 bits per heavy atom. The highest BCUT2D eigenvalue weighted by Gasteiger charge is 2.34. The number of carbonyl (C=O) groups excluding carboxylic acids is 1. The van der Waals surface area contributed by atoms with Crippen LogP contribution in [0.15, 0.2) is 35.1 Å². The van der Waals surface area contributed by atoms with E-state index in [-0.39, 0.29) is 30.0 Å². The number of nitrogens with zero attached hydrogens (tertiary/aromatic N) is 2. The van der Waals surface area contributed by atoms with Crippen molar-refractivity contribution in [2.45, 2.75) is 46.0 Å². The van der Waals surface area contributed by atoms with Crippen LogP contribution >= 0.6 is 0 Å². The molecule has 1 saturated heterocycles. The quantitative estimate of drug-likeness (QED) is 0.578. The van der Waals surface area contributed by atoms with Gasteiger partial charge in [-0.2, -0.15) is 0 Å². The van der Waals surface area contributed by atoms with Crippen LogP contribution in [-0.2, 0) is 6.54 Å². The van der Waals surface area contributed by atoms with Gasteiger partial charge in [-0.25, -0.2) is 4.39 Å². The number of aromatic amines is 1. The van der Waals surface area contributed by atoms with Crippen molar-refractivity contribution >= 4 is 16.8 Å². The fourth-order valence-corrected chi connectivity index (χ4v) is 5.31. The molecule has 0 aliphatic carbocycles. The third kappa shape index (κ3) is 4.34. The van der Waals surface area contributed by atoms with Crippen molar-refractivity contribution in [3.05, 3.63) is 63.2 Å². The van der Waals surface area contributed by atoms with Gasteiger partial charge in [-0.05, 0) is 52.9 Å². The van der Waals surface area contributed by atoms with Gasteiger partial charge < -0.3 is 24.5 Å². The molecule has 8 heteroatoms. The van der Waals surface area contributed by atoms with Gasteiger partial charge in [-0.1, -0.05) is 18.2 Å². The molecule has 3 aromatic rings. The number of pyridine rings is 1. The summed E-state index contributed by atoms with van der Waals surface area (Å²) in [6.07, 6.45) is -0.158. The van der Waals surface area contributed by atoms with Crippen molar-refractivity contribution in [1.29, 1.82) is 0 Å². The van der Waals surface area contributed by atoms with Crippen LogP contribution in [0.1, 0.15) is 46.7 Å². The van der Waals surface area contributed by atoms with E-state index in [0.717, 1.165) is 29.6 Å². The van der Waals surface area contributed by atoms with Crippen molar-refractivity contribution < 1.29 is 13.9 Å². The number of methoxy groups -OCH3 is 1.